The Morgan fingerprint density at radius 1 is 0.587 bits per heavy atom. The van der Waals surface area contributed by atoms with E-state index in [1.54, 1.807) is 17.5 Å². The average molecular weight is 627 g/mol. The van der Waals surface area contributed by atoms with Crippen LogP contribution in [0.15, 0.2) is 97.3 Å². The maximum Gasteiger partial charge on any atom is 0.335 e. The molecule has 0 fully saturated rings. The van der Waals surface area contributed by atoms with Crippen molar-refractivity contribution in [3.63, 3.8) is 0 Å². The van der Waals surface area contributed by atoms with Crippen molar-refractivity contribution in [2.45, 2.75) is 27.7 Å². The monoisotopic (exact) mass is 626 g/mol. The minimum Gasteiger partial charge on any atom is -0.478 e. The van der Waals surface area contributed by atoms with E-state index in [1.165, 1.54) is 52.7 Å². The summed E-state index contributed by atoms with van der Waals surface area (Å²) >= 11 is 1.64. The van der Waals surface area contributed by atoms with E-state index < -0.39 is 11.9 Å². The maximum absolute atomic E-state index is 12.1. The van der Waals surface area contributed by atoms with Crippen LogP contribution in [0.4, 0.5) is 16.4 Å². The number of aromatic carboxylic acids is 2. The first-order valence-corrected chi connectivity index (χ1v) is 15.3. The molecule has 0 saturated carbocycles. The van der Waals surface area contributed by atoms with E-state index >= 15 is 0 Å². The number of carboxylic acids is 2. The van der Waals surface area contributed by atoms with Gasteiger partial charge in [0.25, 0.3) is 0 Å². The Bertz CT molecular complexity index is 2050. The molecule has 0 aliphatic heterocycles. The summed E-state index contributed by atoms with van der Waals surface area (Å²) in [6.45, 7) is 8.41. The van der Waals surface area contributed by atoms with Gasteiger partial charge in [-0.3, -0.25) is 9.97 Å². The Hall–Kier alpha value is -5.67. The fourth-order valence-corrected chi connectivity index (χ4v) is 6.55. The molecular weight excluding hydrogens is 596 g/mol. The van der Waals surface area contributed by atoms with E-state index in [2.05, 4.69) is 96.1 Å². The summed E-state index contributed by atoms with van der Waals surface area (Å²) in [6, 6.07) is 26.6. The Kier molecular flexibility index (Phi) is 8.17. The highest BCUT2D eigenvalue weighted by atomic mass is 32.1. The first kappa shape index (κ1) is 30.4. The predicted octanol–water partition coefficient (Wildman–Crippen LogP) is 9.03. The van der Waals surface area contributed by atoms with Crippen LogP contribution < -0.4 is 4.90 Å². The van der Waals surface area contributed by atoms with E-state index in [0.29, 0.717) is 11.4 Å². The lowest BCUT2D eigenvalue weighted by Crippen LogP contribution is -2.09. The molecule has 2 N–H and O–H groups in total. The minimum absolute atomic E-state index is 0.00863. The molecule has 0 aliphatic carbocycles. The molecule has 46 heavy (non-hydrogen) atoms. The first-order chi connectivity index (χ1) is 22.0. The van der Waals surface area contributed by atoms with Gasteiger partial charge in [-0.15, -0.1) is 11.3 Å². The van der Waals surface area contributed by atoms with Crippen LogP contribution in [-0.2, 0) is 0 Å². The molecule has 0 unspecified atom stereocenters. The van der Waals surface area contributed by atoms with E-state index in [1.807, 2.05) is 12.1 Å². The highest BCUT2D eigenvalue weighted by Gasteiger charge is 2.19. The summed E-state index contributed by atoms with van der Waals surface area (Å²) in [6.07, 6.45) is 3.04. The number of carbonyl (C=O) groups is 2. The van der Waals surface area contributed by atoms with Gasteiger partial charge in [0.05, 0.1) is 33.9 Å². The highest BCUT2D eigenvalue weighted by Crippen LogP contribution is 2.43. The molecule has 0 amide bonds. The lowest BCUT2D eigenvalue weighted by Gasteiger charge is -2.25. The van der Waals surface area contributed by atoms with E-state index in [9.17, 15) is 19.8 Å². The van der Waals surface area contributed by atoms with Gasteiger partial charge in [-0.25, -0.2) is 14.6 Å². The Morgan fingerprint density at radius 3 is 1.63 bits per heavy atom. The van der Waals surface area contributed by atoms with Gasteiger partial charge in [0, 0.05) is 28.6 Å². The van der Waals surface area contributed by atoms with Crippen molar-refractivity contribution < 1.29 is 19.8 Å². The number of carboxylic acid groups (broad SMARTS) is 2. The molecule has 9 heteroatoms. The van der Waals surface area contributed by atoms with E-state index in [4.69, 9.17) is 0 Å². The van der Waals surface area contributed by atoms with Gasteiger partial charge in [0.15, 0.2) is 0 Å². The standard InChI is InChI=1S/C37H30N4O4S/c1-21-11-22(2)14-28(13-21)41(29-15-23(3)12-24(4)16-29)35-6-5-34(46-35)25-7-9-38-30(17-25)32-19-27(37(44)45)20-33(40-32)31-18-26(36(42)43)8-10-39-31/h5-20H,1-4H3,(H,42,43)(H,44,45). The third kappa shape index (κ3) is 6.40. The van der Waals surface area contributed by atoms with Crippen molar-refractivity contribution in [1.29, 1.82) is 0 Å². The zero-order valence-electron chi connectivity index (χ0n) is 25.6. The van der Waals surface area contributed by atoms with Crippen LogP contribution in [0, 0.1) is 27.7 Å². The molecule has 0 radical (unpaired) electrons. The second-order valence-corrected chi connectivity index (χ2v) is 12.3. The van der Waals surface area contributed by atoms with Gasteiger partial charge in [0.1, 0.15) is 5.00 Å². The number of hydrogen-bond donors (Lipinski definition) is 2. The zero-order chi connectivity index (χ0) is 32.5. The van der Waals surface area contributed by atoms with Crippen LogP contribution in [0.3, 0.4) is 0 Å². The van der Waals surface area contributed by atoms with Crippen molar-refractivity contribution in [3.8, 4) is 33.2 Å². The Labute approximate surface area is 270 Å². The van der Waals surface area contributed by atoms with Crippen molar-refractivity contribution >= 4 is 39.7 Å². The molecular formula is C37H30N4O4S. The molecule has 4 aromatic heterocycles. The van der Waals surface area contributed by atoms with Crippen LogP contribution in [-0.4, -0.2) is 37.1 Å². The van der Waals surface area contributed by atoms with Crippen LogP contribution in [0.25, 0.3) is 33.2 Å². The lowest BCUT2D eigenvalue weighted by atomic mass is 10.1. The Balaban J connectivity index is 1.42. The number of thiophene rings is 1. The summed E-state index contributed by atoms with van der Waals surface area (Å²) in [5.74, 6) is -2.26. The second kappa shape index (κ2) is 12.4. The summed E-state index contributed by atoms with van der Waals surface area (Å²) in [4.78, 5) is 40.3. The lowest BCUT2D eigenvalue weighted by molar-refractivity contribution is 0.0686. The number of nitrogens with zero attached hydrogens (tertiary/aromatic N) is 4. The maximum atomic E-state index is 12.1. The van der Waals surface area contributed by atoms with Gasteiger partial charge >= 0.3 is 11.9 Å². The van der Waals surface area contributed by atoms with Gasteiger partial charge in [-0.1, -0.05) is 12.1 Å². The molecule has 0 bridgehead atoms. The van der Waals surface area contributed by atoms with Crippen molar-refractivity contribution in [2.75, 3.05) is 4.90 Å². The molecule has 228 valence electrons. The third-order valence-corrected chi connectivity index (χ3v) is 8.51. The van der Waals surface area contributed by atoms with Crippen molar-refractivity contribution in [3.05, 3.63) is 131 Å². The quantitative estimate of drug-likeness (QED) is 0.172. The molecule has 2 aromatic carbocycles. The smallest absolute Gasteiger partial charge is 0.335 e. The number of pyridine rings is 3. The van der Waals surface area contributed by atoms with E-state index in [0.717, 1.165) is 26.8 Å². The number of rotatable bonds is 8. The molecule has 4 heterocycles. The number of anilines is 3. The molecule has 0 spiro atoms. The second-order valence-electron chi connectivity index (χ2n) is 11.3. The molecule has 6 rings (SSSR count). The third-order valence-electron chi connectivity index (χ3n) is 7.39. The topological polar surface area (TPSA) is 117 Å². The summed E-state index contributed by atoms with van der Waals surface area (Å²) in [5.41, 5.74) is 9.10. The predicted molar refractivity (Wildman–Crippen MR) is 182 cm³/mol. The minimum atomic E-state index is -1.14. The Morgan fingerprint density at radius 2 is 1.09 bits per heavy atom. The van der Waals surface area contributed by atoms with Crippen LogP contribution >= 0.6 is 11.3 Å². The van der Waals surface area contributed by atoms with Crippen LogP contribution in [0.5, 0.6) is 0 Å². The molecule has 6 aromatic rings. The fraction of sp³-hybridized carbons (Fsp3) is 0.108. The number of benzene rings is 2. The SMILES string of the molecule is Cc1cc(C)cc(N(c2cc(C)cc(C)c2)c2ccc(-c3ccnc(-c4cc(C(=O)O)cc(-c5cc(C(=O)O)ccn5)n4)c3)s2)c1. The van der Waals surface area contributed by atoms with Crippen LogP contribution in [0.1, 0.15) is 43.0 Å². The average Bonchev–Trinajstić information content (AvgIpc) is 3.50. The van der Waals surface area contributed by atoms with Crippen molar-refractivity contribution in [1.82, 2.24) is 15.0 Å². The number of hydrogen-bond acceptors (Lipinski definition) is 7. The zero-order valence-corrected chi connectivity index (χ0v) is 26.5. The molecule has 0 saturated heterocycles. The van der Waals surface area contributed by atoms with Gasteiger partial charge in [-0.2, -0.15) is 0 Å². The number of aromatic nitrogens is 3. The molecule has 0 aliphatic rings. The normalized spacial score (nSPS) is 11.0. The van der Waals surface area contributed by atoms with Crippen molar-refractivity contribution in [2.24, 2.45) is 0 Å². The van der Waals surface area contributed by atoms with Gasteiger partial charge in [-0.05, 0) is 128 Å². The fourth-order valence-electron chi connectivity index (χ4n) is 5.51. The van der Waals surface area contributed by atoms with E-state index in [-0.39, 0.29) is 22.5 Å². The summed E-state index contributed by atoms with van der Waals surface area (Å²) < 4.78 is 0. The van der Waals surface area contributed by atoms with Gasteiger partial charge < -0.3 is 15.1 Å². The van der Waals surface area contributed by atoms with Gasteiger partial charge in [0.2, 0.25) is 0 Å². The first-order valence-electron chi connectivity index (χ1n) is 14.5. The molecule has 8 nitrogen and oxygen atoms in total. The summed E-state index contributed by atoms with van der Waals surface area (Å²) in [7, 11) is 0. The number of aryl methyl sites for hydroxylation is 4. The van der Waals surface area contributed by atoms with Crippen LogP contribution in [0.2, 0.25) is 0 Å². The molecule has 0 atom stereocenters. The largest absolute Gasteiger partial charge is 0.478 e. The summed E-state index contributed by atoms with van der Waals surface area (Å²) in [5, 5.41) is 20.3. The highest BCUT2D eigenvalue weighted by molar-refractivity contribution is 7.19.